The Morgan fingerprint density at radius 2 is 1.17 bits per heavy atom. The van der Waals surface area contributed by atoms with Crippen LogP contribution in [0.1, 0.15) is 0 Å². The summed E-state index contributed by atoms with van der Waals surface area (Å²) in [5.74, 6) is 1.57. The fraction of sp³-hybridized carbons (Fsp3) is 0. The molecule has 0 unspecified atom stereocenters. The van der Waals surface area contributed by atoms with Crippen molar-refractivity contribution < 1.29 is 0 Å². The van der Waals surface area contributed by atoms with Gasteiger partial charge in [0, 0.05) is 27.8 Å². The van der Waals surface area contributed by atoms with Crippen LogP contribution in [-0.4, -0.2) is 19.5 Å². The number of hydrogen-bond donors (Lipinski definition) is 0. The van der Waals surface area contributed by atoms with Crippen molar-refractivity contribution in [2.24, 2.45) is 0 Å². The second-order valence-corrected chi connectivity index (χ2v) is 10.2. The zero-order chi connectivity index (χ0) is 27.2. The molecule has 4 heteroatoms. The van der Waals surface area contributed by atoms with Gasteiger partial charge in [-0.15, -0.1) is 0 Å². The molecule has 8 rings (SSSR count). The number of para-hydroxylation sites is 4. The summed E-state index contributed by atoms with van der Waals surface area (Å²) in [5.41, 5.74) is 7.97. The lowest BCUT2D eigenvalue weighted by molar-refractivity contribution is 1.10. The maximum atomic E-state index is 5.17. The molecule has 8 aromatic rings. The van der Waals surface area contributed by atoms with Crippen LogP contribution in [0.3, 0.4) is 0 Å². The first-order valence-corrected chi connectivity index (χ1v) is 13.7. The van der Waals surface area contributed by atoms with Crippen LogP contribution < -0.4 is 0 Å². The van der Waals surface area contributed by atoms with Gasteiger partial charge >= 0.3 is 0 Å². The Morgan fingerprint density at radius 1 is 0.439 bits per heavy atom. The summed E-state index contributed by atoms with van der Waals surface area (Å²) in [5, 5.41) is 3.44. The van der Waals surface area contributed by atoms with Gasteiger partial charge in [-0.05, 0) is 53.2 Å². The number of rotatable bonds is 4. The summed E-state index contributed by atoms with van der Waals surface area (Å²) >= 11 is 0. The Balaban J connectivity index is 1.31. The van der Waals surface area contributed by atoms with E-state index in [2.05, 4.69) is 126 Å². The van der Waals surface area contributed by atoms with Gasteiger partial charge in [-0.2, -0.15) is 0 Å². The van der Waals surface area contributed by atoms with E-state index in [9.17, 15) is 0 Å². The van der Waals surface area contributed by atoms with Gasteiger partial charge in [-0.25, -0.2) is 15.0 Å². The molecule has 41 heavy (non-hydrogen) atoms. The second kappa shape index (κ2) is 9.54. The van der Waals surface area contributed by atoms with E-state index in [0.29, 0.717) is 5.82 Å². The SMILES string of the molecule is c1ccc(-n2c(-c3cccc(-c4nc(-c5ccc6ccccc6c5)c5ccccc5n4)c3)nc3ccccc32)cc1. The van der Waals surface area contributed by atoms with Crippen LogP contribution in [0.15, 0.2) is 146 Å². The molecule has 0 spiro atoms. The van der Waals surface area contributed by atoms with Crippen LogP contribution in [0.25, 0.3) is 72.4 Å². The number of hydrogen-bond acceptors (Lipinski definition) is 3. The summed E-state index contributed by atoms with van der Waals surface area (Å²) in [6.07, 6.45) is 0. The van der Waals surface area contributed by atoms with Gasteiger partial charge in [0.1, 0.15) is 5.82 Å². The zero-order valence-corrected chi connectivity index (χ0v) is 22.1. The van der Waals surface area contributed by atoms with Gasteiger partial charge in [-0.3, -0.25) is 4.57 Å². The summed E-state index contributed by atoms with van der Waals surface area (Å²) in [6.45, 7) is 0. The van der Waals surface area contributed by atoms with Crippen LogP contribution in [0.5, 0.6) is 0 Å². The van der Waals surface area contributed by atoms with Crippen molar-refractivity contribution in [3.05, 3.63) is 146 Å². The van der Waals surface area contributed by atoms with Crippen LogP contribution in [-0.2, 0) is 0 Å². The van der Waals surface area contributed by atoms with Gasteiger partial charge in [0.05, 0.1) is 22.2 Å². The molecule has 0 saturated heterocycles. The third kappa shape index (κ3) is 4.05. The van der Waals surface area contributed by atoms with Crippen molar-refractivity contribution in [1.29, 1.82) is 0 Å². The molecule has 0 atom stereocenters. The minimum absolute atomic E-state index is 0.691. The topological polar surface area (TPSA) is 43.6 Å². The Hall–Kier alpha value is -5.61. The highest BCUT2D eigenvalue weighted by molar-refractivity contribution is 5.96. The second-order valence-electron chi connectivity index (χ2n) is 10.2. The lowest BCUT2D eigenvalue weighted by atomic mass is 10.0. The van der Waals surface area contributed by atoms with E-state index in [4.69, 9.17) is 15.0 Å². The minimum atomic E-state index is 0.691. The monoisotopic (exact) mass is 524 g/mol. The van der Waals surface area contributed by atoms with Crippen LogP contribution in [0, 0.1) is 0 Å². The van der Waals surface area contributed by atoms with Crippen molar-refractivity contribution in [1.82, 2.24) is 19.5 Å². The molecule has 0 N–H and O–H groups in total. The van der Waals surface area contributed by atoms with E-state index in [1.54, 1.807) is 0 Å². The van der Waals surface area contributed by atoms with Gasteiger partial charge in [0.15, 0.2) is 5.82 Å². The van der Waals surface area contributed by atoms with Crippen LogP contribution >= 0.6 is 0 Å². The fourth-order valence-corrected chi connectivity index (χ4v) is 5.62. The largest absolute Gasteiger partial charge is 0.292 e. The molecule has 4 nitrogen and oxygen atoms in total. The summed E-state index contributed by atoms with van der Waals surface area (Å²) in [7, 11) is 0. The first-order valence-electron chi connectivity index (χ1n) is 13.7. The van der Waals surface area contributed by atoms with Gasteiger partial charge < -0.3 is 0 Å². The van der Waals surface area contributed by atoms with Crippen molar-refractivity contribution in [3.8, 4) is 39.7 Å². The molecular formula is C37H24N4. The standard InChI is InChI=1S/C37H24N4/c1-2-15-30(16-3-1)41-34-20-9-8-19-33(34)39-37(41)29-14-10-13-28(24-29)36-38-32-18-7-6-17-31(32)35(40-36)27-22-21-25-11-4-5-12-26(25)23-27/h1-24H. The molecule has 0 radical (unpaired) electrons. The molecule has 0 saturated carbocycles. The Morgan fingerprint density at radius 3 is 2.07 bits per heavy atom. The number of benzene rings is 6. The van der Waals surface area contributed by atoms with Crippen LogP contribution in [0.4, 0.5) is 0 Å². The van der Waals surface area contributed by atoms with Gasteiger partial charge in [0.25, 0.3) is 0 Å². The summed E-state index contributed by atoms with van der Waals surface area (Å²) in [6, 6.07) is 50.2. The highest BCUT2D eigenvalue weighted by atomic mass is 15.1. The minimum Gasteiger partial charge on any atom is -0.292 e. The lowest BCUT2D eigenvalue weighted by Crippen LogP contribution is -1.98. The molecule has 0 aliphatic heterocycles. The van der Waals surface area contributed by atoms with Gasteiger partial charge in [0.2, 0.25) is 0 Å². The molecule has 192 valence electrons. The first kappa shape index (κ1) is 23.3. The maximum absolute atomic E-state index is 5.17. The lowest BCUT2D eigenvalue weighted by Gasteiger charge is -2.12. The number of imidazole rings is 1. The van der Waals surface area contributed by atoms with Crippen molar-refractivity contribution >= 4 is 32.7 Å². The van der Waals surface area contributed by atoms with Crippen molar-refractivity contribution in [2.75, 3.05) is 0 Å². The highest BCUT2D eigenvalue weighted by Crippen LogP contribution is 2.34. The molecule has 0 aliphatic rings. The van der Waals surface area contributed by atoms with Crippen LogP contribution in [0.2, 0.25) is 0 Å². The predicted molar refractivity (Wildman–Crippen MR) is 168 cm³/mol. The average Bonchev–Trinajstić information content (AvgIpc) is 3.44. The number of fused-ring (bicyclic) bond motifs is 3. The van der Waals surface area contributed by atoms with Crippen molar-refractivity contribution in [2.45, 2.75) is 0 Å². The molecule has 0 aliphatic carbocycles. The zero-order valence-electron chi connectivity index (χ0n) is 22.1. The highest BCUT2D eigenvalue weighted by Gasteiger charge is 2.16. The van der Waals surface area contributed by atoms with E-state index in [-0.39, 0.29) is 0 Å². The third-order valence-corrected chi connectivity index (χ3v) is 7.58. The quantitative estimate of drug-likeness (QED) is 0.231. The summed E-state index contributed by atoms with van der Waals surface area (Å²) in [4.78, 5) is 15.2. The van der Waals surface area contributed by atoms with E-state index >= 15 is 0 Å². The molecule has 0 fully saturated rings. The van der Waals surface area contributed by atoms with Gasteiger partial charge in [-0.1, -0.05) is 103 Å². The third-order valence-electron chi connectivity index (χ3n) is 7.58. The Bertz CT molecular complexity index is 2210. The number of nitrogens with zero attached hydrogens (tertiary/aromatic N) is 4. The van der Waals surface area contributed by atoms with E-state index in [1.165, 1.54) is 10.8 Å². The number of aromatic nitrogens is 4. The Kier molecular flexibility index (Phi) is 5.42. The summed E-state index contributed by atoms with van der Waals surface area (Å²) < 4.78 is 2.22. The first-order chi connectivity index (χ1) is 20.3. The maximum Gasteiger partial charge on any atom is 0.160 e. The molecule has 0 bridgehead atoms. The molecule has 6 aromatic carbocycles. The fourth-order valence-electron chi connectivity index (χ4n) is 5.62. The van der Waals surface area contributed by atoms with E-state index in [1.807, 2.05) is 24.3 Å². The van der Waals surface area contributed by atoms with Crippen molar-refractivity contribution in [3.63, 3.8) is 0 Å². The van der Waals surface area contributed by atoms with E-state index < -0.39 is 0 Å². The Labute approximate surface area is 237 Å². The normalized spacial score (nSPS) is 11.4. The molecule has 2 aromatic heterocycles. The smallest absolute Gasteiger partial charge is 0.160 e. The average molecular weight is 525 g/mol. The molecular weight excluding hydrogens is 500 g/mol. The van der Waals surface area contributed by atoms with E-state index in [0.717, 1.165) is 55.8 Å². The molecule has 2 heterocycles. The predicted octanol–water partition coefficient (Wildman–Crippen LogP) is 9.12. The molecule has 0 amide bonds.